The second-order valence-electron chi connectivity index (χ2n) is 18.1. The number of aliphatic hydroxyl groups excluding tert-OH is 1. The van der Waals surface area contributed by atoms with E-state index >= 15 is 0 Å². The molecule has 20 heteroatoms. The summed E-state index contributed by atoms with van der Waals surface area (Å²) < 4.78 is 61.2. The molecule has 3 heterocycles. The van der Waals surface area contributed by atoms with Gasteiger partial charge in [-0.1, -0.05) is 20.8 Å². The van der Waals surface area contributed by atoms with Gasteiger partial charge in [0.2, 0.25) is 0 Å². The molecule has 3 aliphatic rings. The lowest BCUT2D eigenvalue weighted by molar-refractivity contribution is -0.344. The van der Waals surface area contributed by atoms with E-state index in [9.17, 15) is 33.9 Å². The number of cyclic esters (lactones) is 1. The molecular formula is C45H77N3O17. The summed E-state index contributed by atoms with van der Waals surface area (Å²) in [5.41, 5.74) is -1.33. The highest BCUT2D eigenvalue weighted by atomic mass is 16.7. The number of hydrogen-bond donors (Lipinski definition) is 1. The van der Waals surface area contributed by atoms with Crippen LogP contribution in [0.3, 0.4) is 0 Å². The fourth-order valence-corrected chi connectivity index (χ4v) is 9.02. The third kappa shape index (κ3) is 15.9. The lowest BCUT2D eigenvalue weighted by Gasteiger charge is -2.50. The Morgan fingerprint density at radius 1 is 0.877 bits per heavy atom. The molecule has 0 aromatic carbocycles. The monoisotopic (exact) mass is 932 g/mol. The Morgan fingerprint density at radius 2 is 1.52 bits per heavy atom. The zero-order chi connectivity index (χ0) is 48.9. The van der Waals surface area contributed by atoms with Gasteiger partial charge in [0.15, 0.2) is 24.3 Å². The Labute approximate surface area is 384 Å². The second-order valence-corrected chi connectivity index (χ2v) is 18.1. The molecule has 10 unspecified atom stereocenters. The van der Waals surface area contributed by atoms with Crippen LogP contribution in [0.2, 0.25) is 0 Å². The molecule has 0 amide bonds. The van der Waals surface area contributed by atoms with Gasteiger partial charge in [-0.2, -0.15) is 0 Å². The maximum absolute atomic E-state index is 13.6. The van der Waals surface area contributed by atoms with E-state index < -0.39 is 127 Å². The molecule has 0 radical (unpaired) electrons. The van der Waals surface area contributed by atoms with Crippen LogP contribution in [0, 0.1) is 11.8 Å². The topological polar surface area (TPSA) is 225 Å². The van der Waals surface area contributed by atoms with Crippen LogP contribution < -0.4 is 0 Å². The minimum absolute atomic E-state index is 0.0233. The normalized spacial score (nSPS) is 37.4. The minimum Gasteiger partial charge on any atom is -0.463 e. The molecule has 0 aliphatic carbocycles. The average molecular weight is 932 g/mol. The number of hydrogen-bond acceptors (Lipinski definition) is 20. The van der Waals surface area contributed by atoms with Gasteiger partial charge in [0.25, 0.3) is 0 Å². The van der Waals surface area contributed by atoms with Crippen LogP contribution in [0.15, 0.2) is 0 Å². The Morgan fingerprint density at radius 3 is 2.09 bits per heavy atom. The van der Waals surface area contributed by atoms with Crippen molar-refractivity contribution >= 4 is 36.1 Å². The van der Waals surface area contributed by atoms with Crippen molar-refractivity contribution in [1.29, 1.82) is 0 Å². The summed E-state index contributed by atoms with van der Waals surface area (Å²) in [5.74, 6) is -3.98. The molecular weight excluding hydrogens is 854 g/mol. The molecule has 1 N–H and O–H groups in total. The Hall–Kier alpha value is -3.34. The van der Waals surface area contributed by atoms with E-state index in [2.05, 4.69) is 0 Å². The number of aliphatic hydroxyl groups is 1. The molecule has 16 atom stereocenters. The number of carbonyl (C=O) groups excluding carboxylic acids is 6. The van der Waals surface area contributed by atoms with Crippen LogP contribution in [-0.2, 0) is 76.1 Å². The van der Waals surface area contributed by atoms with E-state index in [1.165, 1.54) is 21.0 Å². The van der Waals surface area contributed by atoms with Crippen molar-refractivity contribution in [2.45, 2.75) is 193 Å². The number of ether oxygens (including phenoxy) is 10. The first-order valence-electron chi connectivity index (χ1n) is 22.8. The predicted octanol–water partition coefficient (Wildman–Crippen LogP) is 2.58. The summed E-state index contributed by atoms with van der Waals surface area (Å²) in [6.07, 6.45) is -11.2. The molecule has 3 saturated heterocycles. The van der Waals surface area contributed by atoms with Crippen LogP contribution in [0.1, 0.15) is 107 Å². The zero-order valence-corrected chi connectivity index (χ0v) is 40.9. The van der Waals surface area contributed by atoms with Crippen molar-refractivity contribution in [3.05, 3.63) is 0 Å². The average Bonchev–Trinajstić information content (AvgIpc) is 3.21. The summed E-state index contributed by atoms with van der Waals surface area (Å²) in [6, 6.07) is -0.833. The molecule has 65 heavy (non-hydrogen) atoms. The first kappa shape index (κ1) is 56.0. The van der Waals surface area contributed by atoms with E-state index in [1.54, 1.807) is 60.5 Å². The summed E-state index contributed by atoms with van der Waals surface area (Å²) >= 11 is 0. The van der Waals surface area contributed by atoms with E-state index in [4.69, 9.17) is 47.4 Å². The van der Waals surface area contributed by atoms with E-state index in [1.807, 2.05) is 31.0 Å². The highest BCUT2D eigenvalue weighted by Gasteiger charge is 2.54. The van der Waals surface area contributed by atoms with Gasteiger partial charge in [0, 0.05) is 67.3 Å². The van der Waals surface area contributed by atoms with Crippen LogP contribution >= 0.6 is 0 Å². The summed E-state index contributed by atoms with van der Waals surface area (Å²) in [4.78, 5) is 78.2. The van der Waals surface area contributed by atoms with Crippen molar-refractivity contribution in [3.63, 3.8) is 0 Å². The SMILES string of the molecule is CCC(=O)OC1C(C)OC(OC2C(C)OC(O[C@@H]3C(OC)[C@H](OC(=O)CC)CC(=O)O[C@H](C)CCN(C)N(C)C[C@H](OC(C)=O)[C@H](C)C[C@@H]3CC=O)C(O)C2N(C)C)CC1(C)OC(C)=O. The lowest BCUT2D eigenvalue weighted by Crippen LogP contribution is -2.66. The minimum atomic E-state index is -1.45. The maximum atomic E-state index is 13.6. The first-order valence-corrected chi connectivity index (χ1v) is 22.8. The van der Waals surface area contributed by atoms with Crippen molar-refractivity contribution in [3.8, 4) is 0 Å². The van der Waals surface area contributed by atoms with Gasteiger partial charge in [-0.25, -0.2) is 10.0 Å². The van der Waals surface area contributed by atoms with Gasteiger partial charge in [0.05, 0.1) is 37.3 Å². The van der Waals surface area contributed by atoms with E-state index in [-0.39, 0.29) is 44.6 Å². The van der Waals surface area contributed by atoms with Crippen LogP contribution in [0.4, 0.5) is 0 Å². The predicted molar refractivity (Wildman–Crippen MR) is 231 cm³/mol. The van der Waals surface area contributed by atoms with Crippen molar-refractivity contribution in [2.24, 2.45) is 11.8 Å². The van der Waals surface area contributed by atoms with Gasteiger partial charge in [-0.3, -0.25) is 24.0 Å². The van der Waals surface area contributed by atoms with Gasteiger partial charge in [0.1, 0.15) is 42.9 Å². The van der Waals surface area contributed by atoms with Gasteiger partial charge < -0.3 is 62.2 Å². The highest BCUT2D eigenvalue weighted by Crippen LogP contribution is 2.39. The van der Waals surface area contributed by atoms with Gasteiger partial charge in [-0.05, 0) is 66.5 Å². The first-order chi connectivity index (χ1) is 30.5. The summed E-state index contributed by atoms with van der Waals surface area (Å²) in [5, 5.41) is 16.1. The summed E-state index contributed by atoms with van der Waals surface area (Å²) in [7, 11) is 8.57. The van der Waals surface area contributed by atoms with Gasteiger partial charge in [-0.15, -0.1) is 0 Å². The zero-order valence-electron chi connectivity index (χ0n) is 40.9. The van der Waals surface area contributed by atoms with E-state index in [0.29, 0.717) is 13.0 Å². The molecule has 374 valence electrons. The Bertz CT molecular complexity index is 1570. The largest absolute Gasteiger partial charge is 0.463 e. The molecule has 3 fully saturated rings. The lowest BCUT2D eigenvalue weighted by atomic mass is 9.82. The van der Waals surface area contributed by atoms with Crippen LogP contribution in [0.25, 0.3) is 0 Å². The molecule has 3 rings (SSSR count). The van der Waals surface area contributed by atoms with Crippen molar-refractivity contribution in [2.75, 3.05) is 48.4 Å². The van der Waals surface area contributed by atoms with Crippen molar-refractivity contribution in [1.82, 2.24) is 14.9 Å². The van der Waals surface area contributed by atoms with Crippen LogP contribution in [-0.4, -0.2) is 190 Å². The smallest absolute Gasteiger partial charge is 0.309 e. The van der Waals surface area contributed by atoms with E-state index in [0.717, 1.165) is 6.29 Å². The fourth-order valence-electron chi connectivity index (χ4n) is 9.02. The third-order valence-corrected chi connectivity index (χ3v) is 12.5. The second kappa shape index (κ2) is 25.7. The molecule has 0 spiro atoms. The Balaban J connectivity index is 2.10. The number of rotatable bonds is 14. The number of carbonyl (C=O) groups is 6. The number of hydrazine groups is 1. The molecule has 0 bridgehead atoms. The number of aldehydes is 1. The number of esters is 5. The molecule has 0 saturated carbocycles. The highest BCUT2D eigenvalue weighted by molar-refractivity contribution is 5.73. The third-order valence-electron chi connectivity index (χ3n) is 12.5. The number of likely N-dealkylation sites (N-methyl/N-ethyl adjacent to an activating group) is 2. The Kier molecular flexibility index (Phi) is 22.1. The van der Waals surface area contributed by atoms with Crippen LogP contribution in [0.5, 0.6) is 0 Å². The molecule has 20 nitrogen and oxygen atoms in total. The van der Waals surface area contributed by atoms with Crippen molar-refractivity contribution < 1.29 is 81.2 Å². The number of nitrogens with zero attached hydrogens (tertiary/aromatic N) is 3. The van der Waals surface area contributed by atoms with Gasteiger partial charge >= 0.3 is 29.8 Å². The molecule has 0 aromatic heterocycles. The quantitative estimate of drug-likeness (QED) is 0.150. The maximum Gasteiger partial charge on any atom is 0.309 e. The molecule has 0 aromatic rings. The molecule has 3 aliphatic heterocycles. The summed E-state index contributed by atoms with van der Waals surface area (Å²) in [6.45, 7) is 15.3. The fraction of sp³-hybridized carbons (Fsp3) is 0.867. The standard InChI is InChI=1S/C45H77N3O17/c1-15-34(52)61-32-22-36(54)57-26(4)17-19-47(12)48(13)24-33(60-29(7)50)25(3)21-31(18-20-49)41(42(32)56-14)64-44-39(55)38(46(10)11)40(27(5)59-44)63-37-23-45(9,65-30(8)51)43(28(6)58-37)62-35(53)16-2/h20,25-28,31-33,37-44,55H,15-19,21-24H2,1-14H3/t25-,26-,27?,28?,31+,32-,33+,37?,38?,39?,40?,41+,42?,43?,44?,45?/m1/s1. The number of methoxy groups -OCH3 is 1.